The summed E-state index contributed by atoms with van der Waals surface area (Å²) >= 11 is 0. The standard InChI is InChI=1S/C16H32N2.ClH/c1-3-11-18(12-15-7-5-4-6-8-15)14-16(2)9-10-17-13-16;/h15,17H,3-14H2,1-2H3;1H. The van der Waals surface area contributed by atoms with Crippen molar-refractivity contribution in [3.8, 4) is 0 Å². The number of rotatable bonds is 6. The topological polar surface area (TPSA) is 15.3 Å². The van der Waals surface area contributed by atoms with Crippen molar-refractivity contribution in [1.29, 1.82) is 0 Å². The zero-order chi connectivity index (χ0) is 12.8. The first kappa shape index (κ1) is 17.3. The van der Waals surface area contributed by atoms with E-state index < -0.39 is 0 Å². The van der Waals surface area contributed by atoms with Crippen LogP contribution in [0.25, 0.3) is 0 Å². The Morgan fingerprint density at radius 2 is 1.95 bits per heavy atom. The number of hydrogen-bond acceptors (Lipinski definition) is 2. The molecule has 19 heavy (non-hydrogen) atoms. The fraction of sp³-hybridized carbons (Fsp3) is 1.00. The average Bonchev–Trinajstić information content (AvgIpc) is 2.77. The number of nitrogens with one attached hydrogen (secondary N) is 1. The molecule has 1 aliphatic heterocycles. The molecule has 1 N–H and O–H groups in total. The third-order valence-corrected chi connectivity index (χ3v) is 4.84. The van der Waals surface area contributed by atoms with Gasteiger partial charge in [-0.1, -0.05) is 33.1 Å². The summed E-state index contributed by atoms with van der Waals surface area (Å²) in [4.78, 5) is 2.77. The molecule has 0 amide bonds. The van der Waals surface area contributed by atoms with E-state index in [1.165, 1.54) is 77.7 Å². The highest BCUT2D eigenvalue weighted by Gasteiger charge is 2.31. The van der Waals surface area contributed by atoms with Crippen LogP contribution in [0.5, 0.6) is 0 Å². The highest BCUT2D eigenvalue weighted by Crippen LogP contribution is 2.29. The van der Waals surface area contributed by atoms with Gasteiger partial charge < -0.3 is 10.2 Å². The lowest BCUT2D eigenvalue weighted by atomic mass is 9.86. The van der Waals surface area contributed by atoms with Crippen molar-refractivity contribution in [2.45, 2.75) is 58.8 Å². The lowest BCUT2D eigenvalue weighted by Crippen LogP contribution is -2.40. The van der Waals surface area contributed by atoms with Crippen LogP contribution in [0.2, 0.25) is 0 Å². The minimum absolute atomic E-state index is 0. The fourth-order valence-electron chi connectivity index (χ4n) is 3.83. The normalized spacial score (nSPS) is 28.6. The van der Waals surface area contributed by atoms with E-state index in [9.17, 15) is 0 Å². The van der Waals surface area contributed by atoms with Crippen molar-refractivity contribution >= 4 is 12.4 Å². The van der Waals surface area contributed by atoms with Gasteiger partial charge in [0.1, 0.15) is 0 Å². The maximum atomic E-state index is 3.54. The van der Waals surface area contributed by atoms with E-state index in [0.29, 0.717) is 5.41 Å². The van der Waals surface area contributed by atoms with Gasteiger partial charge in [0.15, 0.2) is 0 Å². The molecular weight excluding hydrogens is 256 g/mol. The molecule has 1 saturated carbocycles. The van der Waals surface area contributed by atoms with Crippen LogP contribution < -0.4 is 5.32 Å². The number of hydrogen-bond donors (Lipinski definition) is 1. The molecule has 2 rings (SSSR count). The molecule has 114 valence electrons. The molecular formula is C16H33ClN2. The lowest BCUT2D eigenvalue weighted by molar-refractivity contribution is 0.141. The number of halogens is 1. The molecule has 1 aliphatic carbocycles. The Hall–Kier alpha value is 0.210. The predicted octanol–water partition coefficient (Wildman–Crippen LogP) is 3.70. The molecule has 0 aromatic heterocycles. The van der Waals surface area contributed by atoms with E-state index in [1.54, 1.807) is 0 Å². The summed E-state index contributed by atoms with van der Waals surface area (Å²) in [5, 5.41) is 3.54. The zero-order valence-electron chi connectivity index (χ0n) is 12.9. The van der Waals surface area contributed by atoms with Crippen LogP contribution in [0.1, 0.15) is 58.8 Å². The highest BCUT2D eigenvalue weighted by atomic mass is 35.5. The molecule has 0 aromatic carbocycles. The monoisotopic (exact) mass is 288 g/mol. The van der Waals surface area contributed by atoms with Gasteiger partial charge in [-0.3, -0.25) is 0 Å². The lowest BCUT2D eigenvalue weighted by Gasteiger charge is -2.35. The molecule has 0 spiro atoms. The second-order valence-electron chi connectivity index (χ2n) is 6.98. The van der Waals surface area contributed by atoms with Gasteiger partial charge in [0.05, 0.1) is 0 Å². The first-order valence-corrected chi connectivity index (χ1v) is 8.15. The van der Waals surface area contributed by atoms with Gasteiger partial charge in [0.25, 0.3) is 0 Å². The van der Waals surface area contributed by atoms with Crippen LogP contribution in [-0.4, -0.2) is 37.6 Å². The van der Waals surface area contributed by atoms with E-state index in [0.717, 1.165) is 5.92 Å². The summed E-state index contributed by atoms with van der Waals surface area (Å²) in [5.41, 5.74) is 0.532. The van der Waals surface area contributed by atoms with Crippen molar-refractivity contribution < 1.29 is 0 Å². The van der Waals surface area contributed by atoms with Crippen molar-refractivity contribution in [2.24, 2.45) is 11.3 Å². The molecule has 1 heterocycles. The predicted molar refractivity (Wildman–Crippen MR) is 86.1 cm³/mol. The van der Waals surface area contributed by atoms with Gasteiger partial charge in [-0.25, -0.2) is 0 Å². The second kappa shape index (κ2) is 8.49. The van der Waals surface area contributed by atoms with Crippen molar-refractivity contribution in [2.75, 3.05) is 32.7 Å². The van der Waals surface area contributed by atoms with Crippen molar-refractivity contribution in [1.82, 2.24) is 10.2 Å². The smallest absolute Gasteiger partial charge is 0.00481 e. The summed E-state index contributed by atoms with van der Waals surface area (Å²) in [6.45, 7) is 11.2. The van der Waals surface area contributed by atoms with Crippen LogP contribution in [-0.2, 0) is 0 Å². The minimum atomic E-state index is 0. The molecule has 1 unspecified atom stereocenters. The Kier molecular flexibility index (Phi) is 7.71. The van der Waals surface area contributed by atoms with E-state index in [-0.39, 0.29) is 12.4 Å². The van der Waals surface area contributed by atoms with Crippen molar-refractivity contribution in [3.05, 3.63) is 0 Å². The van der Waals surface area contributed by atoms with Gasteiger partial charge in [-0.15, -0.1) is 12.4 Å². The zero-order valence-corrected chi connectivity index (χ0v) is 13.7. The Balaban J connectivity index is 0.00000180. The molecule has 1 atom stereocenters. The van der Waals surface area contributed by atoms with E-state index in [4.69, 9.17) is 0 Å². The quantitative estimate of drug-likeness (QED) is 0.802. The summed E-state index contributed by atoms with van der Waals surface area (Å²) in [5.74, 6) is 0.989. The fourth-order valence-corrected chi connectivity index (χ4v) is 3.83. The maximum Gasteiger partial charge on any atom is 0.00481 e. The average molecular weight is 289 g/mol. The van der Waals surface area contributed by atoms with Crippen LogP contribution in [0.3, 0.4) is 0 Å². The van der Waals surface area contributed by atoms with Gasteiger partial charge in [-0.05, 0) is 50.1 Å². The van der Waals surface area contributed by atoms with Gasteiger partial charge in [-0.2, -0.15) is 0 Å². The molecule has 2 fully saturated rings. The van der Waals surface area contributed by atoms with Crippen LogP contribution in [0, 0.1) is 11.3 Å². The van der Waals surface area contributed by atoms with Gasteiger partial charge >= 0.3 is 0 Å². The Labute approximate surface area is 126 Å². The molecule has 2 aliphatic rings. The van der Waals surface area contributed by atoms with Gasteiger partial charge in [0, 0.05) is 19.6 Å². The molecule has 1 saturated heterocycles. The molecule has 2 nitrogen and oxygen atoms in total. The van der Waals surface area contributed by atoms with E-state index >= 15 is 0 Å². The van der Waals surface area contributed by atoms with Crippen molar-refractivity contribution in [3.63, 3.8) is 0 Å². The molecule has 0 aromatic rings. The summed E-state index contributed by atoms with van der Waals surface area (Å²) in [6.07, 6.45) is 10.1. The Morgan fingerprint density at radius 1 is 1.21 bits per heavy atom. The molecule has 3 heteroatoms. The third-order valence-electron chi connectivity index (χ3n) is 4.84. The molecule has 0 bridgehead atoms. The van der Waals surface area contributed by atoms with Crippen LogP contribution in [0.15, 0.2) is 0 Å². The molecule has 0 radical (unpaired) electrons. The summed E-state index contributed by atoms with van der Waals surface area (Å²) in [7, 11) is 0. The minimum Gasteiger partial charge on any atom is -0.316 e. The highest BCUT2D eigenvalue weighted by molar-refractivity contribution is 5.85. The largest absolute Gasteiger partial charge is 0.316 e. The Bertz CT molecular complexity index is 233. The van der Waals surface area contributed by atoms with Crippen LogP contribution in [0.4, 0.5) is 0 Å². The summed E-state index contributed by atoms with van der Waals surface area (Å²) in [6, 6.07) is 0. The van der Waals surface area contributed by atoms with E-state index in [2.05, 4.69) is 24.1 Å². The second-order valence-corrected chi connectivity index (χ2v) is 6.98. The summed E-state index contributed by atoms with van der Waals surface area (Å²) < 4.78 is 0. The van der Waals surface area contributed by atoms with Gasteiger partial charge in [0.2, 0.25) is 0 Å². The van der Waals surface area contributed by atoms with Crippen LogP contribution >= 0.6 is 12.4 Å². The Morgan fingerprint density at radius 3 is 2.53 bits per heavy atom. The first-order chi connectivity index (χ1) is 8.72. The third kappa shape index (κ3) is 5.61. The maximum absolute atomic E-state index is 3.54. The van der Waals surface area contributed by atoms with E-state index in [1.807, 2.05) is 0 Å². The SMILES string of the molecule is CCCN(CC1CCCCC1)CC1(C)CCNC1.Cl. The first-order valence-electron chi connectivity index (χ1n) is 8.15. The number of nitrogens with zero attached hydrogens (tertiary/aromatic N) is 1.